The molecular weight excluding hydrogens is 673 g/mol. The topological polar surface area (TPSA) is 6.48 Å². The van der Waals surface area contributed by atoms with Gasteiger partial charge in [-0.15, -0.1) is 11.3 Å². The first-order chi connectivity index (χ1) is 26.8. The van der Waals surface area contributed by atoms with E-state index in [2.05, 4.69) is 210 Å². The number of hydrogen-bond donors (Lipinski definition) is 0. The molecule has 3 heteroatoms. The lowest BCUT2D eigenvalue weighted by atomic mass is 9.74. The minimum absolute atomic E-state index is 0.230. The van der Waals surface area contributed by atoms with Crippen LogP contribution in [0.3, 0.4) is 0 Å². The maximum Gasteiger partial charge on any atom is 0.0819 e. The van der Waals surface area contributed by atoms with Crippen molar-refractivity contribution in [2.45, 2.75) is 17.9 Å². The Morgan fingerprint density at radius 2 is 1.07 bits per heavy atom. The van der Waals surface area contributed by atoms with Crippen LogP contribution in [0.1, 0.15) is 28.0 Å². The number of allylic oxidation sites excluding steroid dienone is 2. The summed E-state index contributed by atoms with van der Waals surface area (Å²) in [4.78, 5) is 6.31. The van der Waals surface area contributed by atoms with Gasteiger partial charge in [0.2, 0.25) is 0 Å². The number of thiophene rings is 1. The van der Waals surface area contributed by atoms with E-state index in [9.17, 15) is 0 Å². The number of benzene rings is 7. The SMILES string of the molecule is C1=CCC(N(c2ccccc2)c2ccc3c(c2)-c2c(sc4ccccc24)C32c3ccccc3-c3cc(N(c4ccccc4)c4ccccc4)ccc32)C=C1. The van der Waals surface area contributed by atoms with E-state index in [1.807, 2.05) is 11.3 Å². The van der Waals surface area contributed by atoms with Crippen molar-refractivity contribution in [3.8, 4) is 22.3 Å². The normalized spacial score (nSPS) is 17.3. The third kappa shape index (κ3) is 4.52. The van der Waals surface area contributed by atoms with Crippen LogP contribution in [-0.2, 0) is 5.41 Å². The molecule has 2 atom stereocenters. The molecule has 3 aliphatic rings. The fourth-order valence-electron chi connectivity index (χ4n) is 9.34. The van der Waals surface area contributed by atoms with Crippen molar-refractivity contribution in [3.63, 3.8) is 0 Å². The number of anilines is 5. The van der Waals surface area contributed by atoms with Crippen LogP contribution in [-0.4, -0.2) is 6.04 Å². The molecule has 0 radical (unpaired) electrons. The molecule has 54 heavy (non-hydrogen) atoms. The summed E-state index contributed by atoms with van der Waals surface area (Å²) >= 11 is 1.96. The minimum Gasteiger partial charge on any atom is -0.334 e. The monoisotopic (exact) mass is 708 g/mol. The van der Waals surface area contributed by atoms with Crippen molar-refractivity contribution in [1.29, 1.82) is 0 Å². The summed E-state index contributed by atoms with van der Waals surface area (Å²) in [5, 5.41) is 1.33. The fraction of sp³-hybridized carbons (Fsp3) is 0.0588. The molecular formula is C51H36N2S. The maximum absolute atomic E-state index is 2.52. The van der Waals surface area contributed by atoms with E-state index in [1.165, 1.54) is 65.3 Å². The van der Waals surface area contributed by atoms with Gasteiger partial charge in [0.25, 0.3) is 0 Å². The second-order valence-corrected chi connectivity index (χ2v) is 15.4. The van der Waals surface area contributed by atoms with Crippen LogP contribution >= 0.6 is 11.3 Å². The smallest absolute Gasteiger partial charge is 0.0819 e. The summed E-state index contributed by atoms with van der Waals surface area (Å²) in [6.07, 6.45) is 9.93. The molecule has 2 nitrogen and oxygen atoms in total. The van der Waals surface area contributed by atoms with E-state index in [1.54, 1.807) is 0 Å². The number of para-hydroxylation sites is 3. The van der Waals surface area contributed by atoms with Gasteiger partial charge in [-0.3, -0.25) is 0 Å². The van der Waals surface area contributed by atoms with Crippen LogP contribution in [0.5, 0.6) is 0 Å². The lowest BCUT2D eigenvalue weighted by Gasteiger charge is -2.34. The zero-order chi connectivity index (χ0) is 35.6. The Labute approximate surface area is 320 Å². The van der Waals surface area contributed by atoms with Crippen molar-refractivity contribution >= 4 is 49.9 Å². The quantitative estimate of drug-likeness (QED) is 0.170. The third-order valence-corrected chi connectivity index (χ3v) is 12.8. The van der Waals surface area contributed by atoms with Gasteiger partial charge in [-0.05, 0) is 107 Å². The van der Waals surface area contributed by atoms with Crippen LogP contribution in [0.25, 0.3) is 32.3 Å². The first-order valence-corrected chi connectivity index (χ1v) is 19.6. The Morgan fingerprint density at radius 3 is 1.80 bits per heavy atom. The van der Waals surface area contributed by atoms with Crippen LogP contribution in [0.4, 0.5) is 28.4 Å². The highest BCUT2D eigenvalue weighted by Crippen LogP contribution is 2.66. The molecule has 0 amide bonds. The molecule has 11 rings (SSSR count). The molecule has 1 spiro atoms. The van der Waals surface area contributed by atoms with Crippen LogP contribution in [0.15, 0.2) is 200 Å². The summed E-state index contributed by atoms with van der Waals surface area (Å²) in [6.45, 7) is 0. The molecule has 1 heterocycles. The summed E-state index contributed by atoms with van der Waals surface area (Å²) in [5.41, 5.74) is 14.8. The highest BCUT2D eigenvalue weighted by molar-refractivity contribution is 7.20. The Balaban J connectivity index is 1.16. The van der Waals surface area contributed by atoms with Crippen molar-refractivity contribution in [2.24, 2.45) is 0 Å². The summed E-state index contributed by atoms with van der Waals surface area (Å²) < 4.78 is 1.33. The third-order valence-electron chi connectivity index (χ3n) is 11.5. The van der Waals surface area contributed by atoms with Crippen molar-refractivity contribution in [3.05, 3.63) is 222 Å². The summed E-state index contributed by atoms with van der Waals surface area (Å²) in [5.74, 6) is 0. The van der Waals surface area contributed by atoms with E-state index in [4.69, 9.17) is 0 Å². The van der Waals surface area contributed by atoms with Gasteiger partial charge >= 0.3 is 0 Å². The zero-order valence-electron chi connectivity index (χ0n) is 29.6. The average Bonchev–Trinajstić information content (AvgIpc) is 3.86. The van der Waals surface area contributed by atoms with Gasteiger partial charge in [-0.1, -0.05) is 133 Å². The summed E-state index contributed by atoms with van der Waals surface area (Å²) in [7, 11) is 0. The Hall–Kier alpha value is -6.42. The number of rotatable bonds is 6. The molecule has 0 fully saturated rings. The van der Waals surface area contributed by atoms with E-state index in [-0.39, 0.29) is 6.04 Å². The van der Waals surface area contributed by atoms with E-state index in [0.717, 1.165) is 23.5 Å². The van der Waals surface area contributed by atoms with Crippen molar-refractivity contribution < 1.29 is 0 Å². The average molecular weight is 709 g/mol. The summed E-state index contributed by atoms with van der Waals surface area (Å²) in [6, 6.07) is 65.2. The second kappa shape index (κ2) is 12.3. The Bertz CT molecular complexity index is 2720. The fourth-order valence-corrected chi connectivity index (χ4v) is 10.8. The van der Waals surface area contributed by atoms with E-state index < -0.39 is 5.41 Å². The lowest BCUT2D eigenvalue weighted by molar-refractivity contribution is 0.783. The van der Waals surface area contributed by atoms with Crippen molar-refractivity contribution in [1.82, 2.24) is 0 Å². The highest BCUT2D eigenvalue weighted by Gasteiger charge is 2.53. The zero-order valence-corrected chi connectivity index (χ0v) is 30.5. The van der Waals surface area contributed by atoms with Crippen LogP contribution in [0.2, 0.25) is 0 Å². The molecule has 1 aromatic heterocycles. The second-order valence-electron chi connectivity index (χ2n) is 14.4. The Morgan fingerprint density at radius 1 is 0.481 bits per heavy atom. The van der Waals surface area contributed by atoms with E-state index in [0.29, 0.717) is 0 Å². The van der Waals surface area contributed by atoms with Gasteiger partial charge in [0.05, 0.1) is 11.5 Å². The predicted octanol–water partition coefficient (Wildman–Crippen LogP) is 13.7. The van der Waals surface area contributed by atoms with Crippen molar-refractivity contribution in [2.75, 3.05) is 9.80 Å². The van der Waals surface area contributed by atoms with Gasteiger partial charge in [0.15, 0.2) is 0 Å². The Kier molecular flexibility index (Phi) is 7.11. The molecule has 3 aliphatic carbocycles. The van der Waals surface area contributed by atoms with Crippen LogP contribution in [0, 0.1) is 0 Å². The maximum atomic E-state index is 2.52. The molecule has 8 aromatic rings. The van der Waals surface area contributed by atoms with Crippen LogP contribution < -0.4 is 9.80 Å². The molecule has 7 aromatic carbocycles. The standard InChI is InChI=1S/C51H36N2S/c1-5-17-35(18-6-1)52(36-19-7-2-8-20-36)39-29-31-46-43(33-39)41-25-13-15-27-45(41)51(46)47-32-30-40(34-44(47)49-42-26-14-16-28-48(42)54-50(49)51)53(37-21-9-3-10-22-37)38-23-11-4-12-24-38/h1-23,25-34,38H,24H2. The molecule has 0 N–H and O–H groups in total. The molecule has 0 aliphatic heterocycles. The lowest BCUT2D eigenvalue weighted by Crippen LogP contribution is -2.30. The van der Waals surface area contributed by atoms with Gasteiger partial charge in [0, 0.05) is 49.0 Å². The molecule has 256 valence electrons. The van der Waals surface area contributed by atoms with Gasteiger partial charge < -0.3 is 9.80 Å². The molecule has 2 unspecified atom stereocenters. The first-order valence-electron chi connectivity index (χ1n) is 18.8. The first kappa shape index (κ1) is 31.1. The van der Waals surface area contributed by atoms with E-state index >= 15 is 0 Å². The number of hydrogen-bond acceptors (Lipinski definition) is 3. The molecule has 0 saturated heterocycles. The van der Waals surface area contributed by atoms with Gasteiger partial charge in [-0.2, -0.15) is 0 Å². The number of nitrogens with zero attached hydrogens (tertiary/aromatic N) is 2. The largest absolute Gasteiger partial charge is 0.334 e. The highest BCUT2D eigenvalue weighted by atomic mass is 32.1. The molecule has 0 saturated carbocycles. The minimum atomic E-state index is -0.424. The molecule has 0 bridgehead atoms. The van der Waals surface area contributed by atoms with Gasteiger partial charge in [0.1, 0.15) is 0 Å². The van der Waals surface area contributed by atoms with Gasteiger partial charge in [-0.25, -0.2) is 0 Å². The predicted molar refractivity (Wildman–Crippen MR) is 228 cm³/mol. The number of fused-ring (bicyclic) bond motifs is 12.